The number of benzene rings is 1. The molecule has 0 saturated heterocycles. The van der Waals surface area contributed by atoms with Crippen LogP contribution in [0.3, 0.4) is 0 Å². The number of anilines is 2. The van der Waals surface area contributed by atoms with Crippen molar-refractivity contribution in [1.82, 2.24) is 4.98 Å². The van der Waals surface area contributed by atoms with Crippen LogP contribution >= 0.6 is 12.2 Å². The summed E-state index contributed by atoms with van der Waals surface area (Å²) in [6.45, 7) is 2.92. The van der Waals surface area contributed by atoms with Crippen molar-refractivity contribution in [3.05, 3.63) is 54.2 Å². The van der Waals surface area contributed by atoms with Crippen molar-refractivity contribution in [2.45, 2.75) is 6.92 Å². The molecule has 0 radical (unpaired) electrons. The molecule has 0 spiro atoms. The van der Waals surface area contributed by atoms with E-state index in [4.69, 9.17) is 18.0 Å². The minimum atomic E-state index is 0.391. The maximum Gasteiger partial charge on any atom is 0.133 e. The highest BCUT2D eigenvalue weighted by atomic mass is 32.1. The molecule has 0 saturated carbocycles. The Balaban J connectivity index is 2.39. The smallest absolute Gasteiger partial charge is 0.133 e. The molecule has 0 bridgehead atoms. The summed E-state index contributed by atoms with van der Waals surface area (Å²) in [5.41, 5.74) is 7.59. The van der Waals surface area contributed by atoms with Gasteiger partial charge in [-0.1, -0.05) is 30.4 Å². The van der Waals surface area contributed by atoms with Crippen LogP contribution < -0.4 is 10.6 Å². The number of nitrogens with two attached hydrogens (primary N) is 1. The predicted octanol–water partition coefficient (Wildman–Crippen LogP) is 2.87. The molecule has 0 aliphatic carbocycles. The molecule has 1 aromatic heterocycles. The molecule has 2 aromatic rings. The highest BCUT2D eigenvalue weighted by Gasteiger charge is 2.09. The molecular weight excluding hydrogens is 242 g/mol. The minimum Gasteiger partial charge on any atom is -0.389 e. The first-order valence-electron chi connectivity index (χ1n) is 5.81. The number of thiocarbonyl (C=S) groups is 1. The summed E-state index contributed by atoms with van der Waals surface area (Å²) in [6, 6.07) is 13.9. The summed E-state index contributed by atoms with van der Waals surface area (Å²) >= 11 is 4.99. The zero-order chi connectivity index (χ0) is 13.0. The number of pyridine rings is 1. The van der Waals surface area contributed by atoms with Gasteiger partial charge in [0.25, 0.3) is 0 Å². The van der Waals surface area contributed by atoms with Crippen molar-refractivity contribution in [1.29, 1.82) is 0 Å². The molecule has 4 heteroatoms. The molecule has 1 aromatic carbocycles. The van der Waals surface area contributed by atoms with E-state index in [1.165, 1.54) is 0 Å². The van der Waals surface area contributed by atoms with Crippen molar-refractivity contribution in [2.24, 2.45) is 5.73 Å². The van der Waals surface area contributed by atoms with Gasteiger partial charge in [-0.05, 0) is 31.2 Å². The summed E-state index contributed by atoms with van der Waals surface area (Å²) < 4.78 is 0. The normalized spacial score (nSPS) is 10.1. The Morgan fingerprint density at radius 1 is 1.28 bits per heavy atom. The Bertz CT molecular complexity index is 540. The molecule has 1 heterocycles. The van der Waals surface area contributed by atoms with Crippen LogP contribution in [-0.4, -0.2) is 16.5 Å². The minimum absolute atomic E-state index is 0.391. The average molecular weight is 257 g/mol. The van der Waals surface area contributed by atoms with E-state index in [1.807, 2.05) is 30.3 Å². The van der Waals surface area contributed by atoms with E-state index in [0.29, 0.717) is 4.99 Å². The molecule has 0 fully saturated rings. The highest BCUT2D eigenvalue weighted by Crippen LogP contribution is 2.23. The standard InChI is InChI=1S/C14H15N3S/c1-2-17(12-6-4-3-5-7-12)13-10-11(14(15)18)8-9-16-13/h3-10H,2H2,1H3,(H2,15,18). The quantitative estimate of drug-likeness (QED) is 0.855. The summed E-state index contributed by atoms with van der Waals surface area (Å²) in [7, 11) is 0. The molecule has 18 heavy (non-hydrogen) atoms. The van der Waals surface area contributed by atoms with Gasteiger partial charge in [0.15, 0.2) is 0 Å². The first-order chi connectivity index (χ1) is 8.72. The van der Waals surface area contributed by atoms with Crippen molar-refractivity contribution in [3.63, 3.8) is 0 Å². The van der Waals surface area contributed by atoms with E-state index >= 15 is 0 Å². The van der Waals surface area contributed by atoms with Gasteiger partial charge < -0.3 is 10.6 Å². The Hall–Kier alpha value is -1.94. The largest absolute Gasteiger partial charge is 0.389 e. The van der Waals surface area contributed by atoms with Gasteiger partial charge in [0.1, 0.15) is 10.8 Å². The van der Waals surface area contributed by atoms with Gasteiger partial charge in [0, 0.05) is 24.0 Å². The van der Waals surface area contributed by atoms with Crippen LogP contribution in [0.5, 0.6) is 0 Å². The number of rotatable bonds is 4. The average Bonchev–Trinajstić information content (AvgIpc) is 2.41. The third kappa shape index (κ3) is 2.65. The number of hydrogen-bond donors (Lipinski definition) is 1. The first-order valence-corrected chi connectivity index (χ1v) is 6.21. The van der Waals surface area contributed by atoms with Gasteiger partial charge in [-0.2, -0.15) is 0 Å². The third-order valence-corrected chi connectivity index (χ3v) is 2.93. The van der Waals surface area contributed by atoms with E-state index in [9.17, 15) is 0 Å². The molecule has 2 rings (SSSR count). The molecule has 3 nitrogen and oxygen atoms in total. The highest BCUT2D eigenvalue weighted by molar-refractivity contribution is 7.80. The number of aromatic nitrogens is 1. The monoisotopic (exact) mass is 257 g/mol. The van der Waals surface area contributed by atoms with Crippen LogP contribution in [0.25, 0.3) is 0 Å². The molecule has 0 aliphatic heterocycles. The summed E-state index contributed by atoms with van der Waals surface area (Å²) in [4.78, 5) is 6.88. The Kier molecular flexibility index (Phi) is 3.89. The van der Waals surface area contributed by atoms with Crippen LogP contribution in [-0.2, 0) is 0 Å². The second kappa shape index (κ2) is 5.60. The van der Waals surface area contributed by atoms with E-state index in [2.05, 4.69) is 28.9 Å². The molecule has 0 amide bonds. The first kappa shape index (κ1) is 12.5. The molecule has 0 aliphatic rings. The van der Waals surface area contributed by atoms with Crippen molar-refractivity contribution >= 4 is 28.7 Å². The third-order valence-electron chi connectivity index (χ3n) is 2.69. The van der Waals surface area contributed by atoms with Crippen LogP contribution in [0.2, 0.25) is 0 Å². The number of hydrogen-bond acceptors (Lipinski definition) is 3. The van der Waals surface area contributed by atoms with E-state index in [0.717, 1.165) is 23.6 Å². The van der Waals surface area contributed by atoms with Crippen molar-refractivity contribution < 1.29 is 0 Å². The fourth-order valence-electron chi connectivity index (χ4n) is 1.80. The second-order valence-electron chi connectivity index (χ2n) is 3.85. The molecular formula is C14H15N3S. The van der Waals surface area contributed by atoms with Crippen LogP contribution in [0.1, 0.15) is 12.5 Å². The lowest BCUT2D eigenvalue weighted by atomic mass is 10.2. The topological polar surface area (TPSA) is 42.1 Å². The van der Waals surface area contributed by atoms with Gasteiger partial charge in [0.05, 0.1) is 0 Å². The van der Waals surface area contributed by atoms with Gasteiger partial charge in [-0.3, -0.25) is 0 Å². The molecule has 92 valence electrons. The summed E-state index contributed by atoms with van der Waals surface area (Å²) in [6.07, 6.45) is 1.73. The van der Waals surface area contributed by atoms with Crippen LogP contribution in [0.4, 0.5) is 11.5 Å². The number of para-hydroxylation sites is 1. The van der Waals surface area contributed by atoms with Crippen molar-refractivity contribution in [2.75, 3.05) is 11.4 Å². The second-order valence-corrected chi connectivity index (χ2v) is 4.29. The lowest BCUT2D eigenvalue weighted by Gasteiger charge is -2.22. The Morgan fingerprint density at radius 2 is 2.00 bits per heavy atom. The zero-order valence-corrected chi connectivity index (χ0v) is 11.0. The fraction of sp³-hybridized carbons (Fsp3) is 0.143. The van der Waals surface area contributed by atoms with Crippen LogP contribution in [0, 0.1) is 0 Å². The van der Waals surface area contributed by atoms with E-state index in [1.54, 1.807) is 6.20 Å². The maximum atomic E-state index is 5.65. The maximum absolute atomic E-state index is 5.65. The lowest BCUT2D eigenvalue weighted by Crippen LogP contribution is -2.18. The van der Waals surface area contributed by atoms with Gasteiger partial charge in [0.2, 0.25) is 0 Å². The lowest BCUT2D eigenvalue weighted by molar-refractivity contribution is 0.989. The fourth-order valence-corrected chi connectivity index (χ4v) is 1.93. The SMILES string of the molecule is CCN(c1ccccc1)c1cc(C(N)=S)ccn1. The van der Waals surface area contributed by atoms with E-state index in [-0.39, 0.29) is 0 Å². The predicted molar refractivity (Wildman–Crippen MR) is 79.2 cm³/mol. The van der Waals surface area contributed by atoms with Gasteiger partial charge in [-0.25, -0.2) is 4.98 Å². The summed E-state index contributed by atoms with van der Waals surface area (Å²) in [5.74, 6) is 0.856. The number of nitrogens with zero attached hydrogens (tertiary/aromatic N) is 2. The Morgan fingerprint density at radius 3 is 2.61 bits per heavy atom. The molecule has 0 atom stereocenters. The summed E-state index contributed by atoms with van der Waals surface area (Å²) in [5, 5.41) is 0. The Labute approximate surface area is 112 Å². The molecule has 2 N–H and O–H groups in total. The zero-order valence-electron chi connectivity index (χ0n) is 10.2. The van der Waals surface area contributed by atoms with Crippen molar-refractivity contribution in [3.8, 4) is 0 Å². The van der Waals surface area contributed by atoms with E-state index < -0.39 is 0 Å². The van der Waals surface area contributed by atoms with Gasteiger partial charge in [-0.15, -0.1) is 0 Å². The molecule has 0 unspecified atom stereocenters. The van der Waals surface area contributed by atoms with Crippen LogP contribution in [0.15, 0.2) is 48.7 Å². The van der Waals surface area contributed by atoms with Gasteiger partial charge >= 0.3 is 0 Å².